The second-order valence-corrected chi connectivity index (χ2v) is 4.42. The molecule has 0 unspecified atom stereocenters. The number of ether oxygens (including phenoxy) is 1. The highest BCUT2D eigenvalue weighted by molar-refractivity contribution is 6.32. The summed E-state index contributed by atoms with van der Waals surface area (Å²) in [4.78, 5) is 15.7. The van der Waals surface area contributed by atoms with Crippen LogP contribution in [0.3, 0.4) is 0 Å². The molecule has 0 amide bonds. The van der Waals surface area contributed by atoms with Crippen LogP contribution in [0.25, 0.3) is 5.69 Å². The fraction of sp³-hybridized carbons (Fsp3) is 0.231. The van der Waals surface area contributed by atoms with Crippen molar-refractivity contribution in [3.8, 4) is 5.69 Å². The van der Waals surface area contributed by atoms with E-state index in [-0.39, 0.29) is 22.2 Å². The summed E-state index contributed by atoms with van der Waals surface area (Å²) in [6.45, 7) is 1.81. The zero-order chi connectivity index (χ0) is 14.9. The average Bonchev–Trinajstić information content (AvgIpc) is 2.75. The van der Waals surface area contributed by atoms with Crippen molar-refractivity contribution in [1.82, 2.24) is 9.55 Å². The number of aryl methyl sites for hydroxylation is 1. The van der Waals surface area contributed by atoms with Crippen LogP contribution in [0.15, 0.2) is 18.2 Å². The van der Waals surface area contributed by atoms with Crippen molar-refractivity contribution in [2.45, 2.75) is 13.3 Å². The molecule has 0 saturated carbocycles. The molecular formula is C13H13ClFN3O2. The third-order valence-corrected chi connectivity index (χ3v) is 3.14. The monoisotopic (exact) mass is 297 g/mol. The molecule has 7 heteroatoms. The molecule has 2 rings (SSSR count). The molecule has 1 aromatic heterocycles. The highest BCUT2D eigenvalue weighted by Gasteiger charge is 2.23. The van der Waals surface area contributed by atoms with Gasteiger partial charge in [0.05, 0.1) is 12.1 Å². The van der Waals surface area contributed by atoms with E-state index in [1.807, 2.05) is 6.92 Å². The normalized spacial score (nSPS) is 10.6. The number of carbonyl (C=O) groups is 1. The van der Waals surface area contributed by atoms with Crippen LogP contribution in [-0.4, -0.2) is 22.6 Å². The predicted molar refractivity (Wildman–Crippen MR) is 73.7 cm³/mol. The van der Waals surface area contributed by atoms with Gasteiger partial charge in [0.15, 0.2) is 5.69 Å². The number of rotatable bonds is 3. The number of nitrogens with two attached hydrogens (primary N) is 1. The summed E-state index contributed by atoms with van der Waals surface area (Å²) >= 11 is 6.03. The fourth-order valence-electron chi connectivity index (χ4n) is 1.92. The standard InChI is InChI=1S/C13H13ClFN3O2/c1-3-9-17-10(13(19)20-2)12(16)18(9)11-7(14)5-4-6-8(11)15/h4-6H,3,16H2,1-2H3. The Morgan fingerprint density at radius 2 is 2.25 bits per heavy atom. The van der Waals surface area contributed by atoms with E-state index in [9.17, 15) is 9.18 Å². The molecule has 0 aliphatic heterocycles. The second kappa shape index (κ2) is 5.50. The van der Waals surface area contributed by atoms with Gasteiger partial charge in [-0.25, -0.2) is 14.2 Å². The largest absolute Gasteiger partial charge is 0.464 e. The molecule has 0 fully saturated rings. The Kier molecular flexibility index (Phi) is 3.94. The van der Waals surface area contributed by atoms with Gasteiger partial charge in [0.25, 0.3) is 0 Å². The van der Waals surface area contributed by atoms with Gasteiger partial charge in [-0.05, 0) is 12.1 Å². The molecule has 2 aromatic rings. The van der Waals surface area contributed by atoms with Gasteiger partial charge in [-0.1, -0.05) is 24.6 Å². The van der Waals surface area contributed by atoms with Crippen molar-refractivity contribution >= 4 is 23.4 Å². The minimum Gasteiger partial charge on any atom is -0.464 e. The lowest BCUT2D eigenvalue weighted by molar-refractivity contribution is 0.0595. The maximum absolute atomic E-state index is 14.0. The van der Waals surface area contributed by atoms with Crippen molar-refractivity contribution in [2.24, 2.45) is 0 Å². The van der Waals surface area contributed by atoms with E-state index in [0.717, 1.165) is 0 Å². The molecule has 0 bridgehead atoms. The summed E-state index contributed by atoms with van der Waals surface area (Å²) in [5.74, 6) is -0.799. The Labute approximate surface area is 120 Å². The topological polar surface area (TPSA) is 70.1 Å². The quantitative estimate of drug-likeness (QED) is 0.884. The predicted octanol–water partition coefficient (Wildman–Crippen LogP) is 2.60. The van der Waals surface area contributed by atoms with Gasteiger partial charge < -0.3 is 10.5 Å². The minimum atomic E-state index is -0.677. The zero-order valence-electron chi connectivity index (χ0n) is 11.0. The molecule has 0 spiro atoms. The molecular weight excluding hydrogens is 285 g/mol. The van der Waals surface area contributed by atoms with Gasteiger partial charge in [-0.3, -0.25) is 4.57 Å². The number of benzene rings is 1. The second-order valence-electron chi connectivity index (χ2n) is 4.01. The first kappa shape index (κ1) is 14.3. The van der Waals surface area contributed by atoms with Crippen LogP contribution in [0.2, 0.25) is 5.02 Å². The first-order valence-electron chi connectivity index (χ1n) is 5.91. The Hall–Kier alpha value is -2.08. The van der Waals surface area contributed by atoms with Crippen molar-refractivity contribution in [3.05, 3.63) is 40.6 Å². The molecule has 106 valence electrons. The molecule has 2 N–H and O–H groups in total. The van der Waals surface area contributed by atoms with Crippen LogP contribution in [-0.2, 0) is 11.2 Å². The number of para-hydroxylation sites is 1. The SMILES string of the molecule is CCc1nc(C(=O)OC)c(N)n1-c1c(F)cccc1Cl. The molecule has 0 saturated heterocycles. The van der Waals surface area contributed by atoms with Gasteiger partial charge in [0.2, 0.25) is 0 Å². The van der Waals surface area contributed by atoms with Crippen LogP contribution >= 0.6 is 11.6 Å². The van der Waals surface area contributed by atoms with Crippen LogP contribution in [0.4, 0.5) is 10.2 Å². The van der Waals surface area contributed by atoms with E-state index in [1.165, 1.54) is 29.9 Å². The van der Waals surface area contributed by atoms with E-state index in [1.54, 1.807) is 0 Å². The van der Waals surface area contributed by atoms with Crippen molar-refractivity contribution in [2.75, 3.05) is 12.8 Å². The molecule has 1 heterocycles. The summed E-state index contributed by atoms with van der Waals surface area (Å²) in [5.41, 5.74) is 5.92. The molecule has 0 radical (unpaired) electrons. The van der Waals surface area contributed by atoms with E-state index < -0.39 is 11.8 Å². The summed E-state index contributed by atoms with van der Waals surface area (Å²) in [6.07, 6.45) is 0.450. The van der Waals surface area contributed by atoms with Crippen LogP contribution in [0.5, 0.6) is 0 Å². The van der Waals surface area contributed by atoms with E-state index in [4.69, 9.17) is 17.3 Å². The zero-order valence-corrected chi connectivity index (χ0v) is 11.7. The third kappa shape index (κ3) is 2.22. The molecule has 20 heavy (non-hydrogen) atoms. The summed E-state index contributed by atoms with van der Waals surface area (Å²) < 4.78 is 20.0. The summed E-state index contributed by atoms with van der Waals surface area (Å²) in [6, 6.07) is 4.29. The molecule has 0 aliphatic carbocycles. The number of aromatic nitrogens is 2. The van der Waals surface area contributed by atoms with Crippen molar-refractivity contribution in [1.29, 1.82) is 0 Å². The number of hydrogen-bond donors (Lipinski definition) is 1. The molecule has 1 aromatic carbocycles. The maximum Gasteiger partial charge on any atom is 0.360 e. The Bertz CT molecular complexity index is 650. The van der Waals surface area contributed by atoms with Gasteiger partial charge in [0, 0.05) is 6.42 Å². The van der Waals surface area contributed by atoms with Gasteiger partial charge in [0.1, 0.15) is 23.1 Å². The smallest absolute Gasteiger partial charge is 0.360 e. The molecule has 0 aliphatic rings. The first-order chi connectivity index (χ1) is 9.51. The lowest BCUT2D eigenvalue weighted by atomic mass is 10.3. The van der Waals surface area contributed by atoms with Crippen molar-refractivity contribution < 1.29 is 13.9 Å². The van der Waals surface area contributed by atoms with Crippen LogP contribution in [0.1, 0.15) is 23.2 Å². The van der Waals surface area contributed by atoms with Crippen LogP contribution < -0.4 is 5.73 Å². The number of hydrogen-bond acceptors (Lipinski definition) is 4. The summed E-state index contributed by atoms with van der Waals surface area (Å²) in [7, 11) is 1.22. The van der Waals surface area contributed by atoms with Crippen molar-refractivity contribution in [3.63, 3.8) is 0 Å². The third-order valence-electron chi connectivity index (χ3n) is 2.84. The number of anilines is 1. The van der Waals surface area contributed by atoms with Gasteiger partial charge >= 0.3 is 5.97 Å². The average molecular weight is 298 g/mol. The number of imidazole rings is 1. The molecule has 5 nitrogen and oxygen atoms in total. The lowest BCUT2D eigenvalue weighted by Gasteiger charge is -2.11. The fourth-order valence-corrected chi connectivity index (χ4v) is 2.17. The van der Waals surface area contributed by atoms with Gasteiger partial charge in [-0.2, -0.15) is 0 Å². The number of esters is 1. The van der Waals surface area contributed by atoms with E-state index in [2.05, 4.69) is 9.72 Å². The maximum atomic E-state index is 14.0. The number of nitrogens with zero attached hydrogens (tertiary/aromatic N) is 2. The number of methoxy groups -OCH3 is 1. The Balaban J connectivity index is 2.74. The first-order valence-corrected chi connectivity index (χ1v) is 6.28. The van der Waals surface area contributed by atoms with E-state index >= 15 is 0 Å². The van der Waals surface area contributed by atoms with Crippen LogP contribution in [0, 0.1) is 5.82 Å². The Morgan fingerprint density at radius 3 is 2.80 bits per heavy atom. The molecule has 0 atom stereocenters. The van der Waals surface area contributed by atoms with Gasteiger partial charge in [-0.15, -0.1) is 0 Å². The number of nitrogen functional groups attached to an aromatic ring is 1. The minimum absolute atomic E-state index is 0.000648. The highest BCUT2D eigenvalue weighted by atomic mass is 35.5. The highest BCUT2D eigenvalue weighted by Crippen LogP contribution is 2.29. The number of carbonyl (C=O) groups excluding carboxylic acids is 1. The number of halogens is 2. The Morgan fingerprint density at radius 1 is 1.55 bits per heavy atom. The summed E-state index contributed by atoms with van der Waals surface area (Å²) in [5, 5.41) is 0.181. The van der Waals surface area contributed by atoms with E-state index in [0.29, 0.717) is 12.2 Å². The lowest BCUT2D eigenvalue weighted by Crippen LogP contribution is -2.09.